The van der Waals surface area contributed by atoms with Gasteiger partial charge in [0.25, 0.3) is 0 Å². The van der Waals surface area contributed by atoms with Crippen molar-refractivity contribution in [1.82, 2.24) is 10.2 Å². The molecule has 0 aliphatic carbocycles. The Kier molecular flexibility index (Phi) is 8.11. The van der Waals surface area contributed by atoms with E-state index < -0.39 is 23.7 Å². The van der Waals surface area contributed by atoms with Crippen LogP contribution < -0.4 is 5.32 Å². The van der Waals surface area contributed by atoms with Gasteiger partial charge in [-0.1, -0.05) is 41.6 Å². The number of benzene rings is 1. The van der Waals surface area contributed by atoms with E-state index in [2.05, 4.69) is 11.4 Å². The second-order valence-corrected chi connectivity index (χ2v) is 7.59. The number of allylic oxidation sites excluding steroid dienone is 1. The first-order valence-corrected chi connectivity index (χ1v) is 10.4. The van der Waals surface area contributed by atoms with E-state index in [1.54, 1.807) is 29.2 Å². The van der Waals surface area contributed by atoms with E-state index in [4.69, 9.17) is 16.3 Å². The van der Waals surface area contributed by atoms with Crippen LogP contribution in [0.25, 0.3) is 0 Å². The highest BCUT2D eigenvalue weighted by Crippen LogP contribution is 2.42. The maximum Gasteiger partial charge on any atom is 0.319 e. The fourth-order valence-electron chi connectivity index (χ4n) is 3.18. The fourth-order valence-corrected chi connectivity index (χ4v) is 4.39. The number of halogens is 1. The van der Waals surface area contributed by atoms with Gasteiger partial charge in [0.05, 0.1) is 29.5 Å². The summed E-state index contributed by atoms with van der Waals surface area (Å²) < 4.78 is 4.80. The van der Waals surface area contributed by atoms with Gasteiger partial charge in [0, 0.05) is 24.0 Å². The second-order valence-electron chi connectivity index (χ2n) is 6.20. The number of rotatable bonds is 7. The van der Waals surface area contributed by atoms with E-state index in [-0.39, 0.29) is 22.3 Å². The molecule has 0 spiro atoms. The first-order chi connectivity index (χ1) is 13.9. The number of nitriles is 1. The average Bonchev–Trinajstić information content (AvgIpc) is 2.72. The molecule has 1 aliphatic heterocycles. The number of nitrogens with one attached hydrogen (secondary N) is 1. The van der Waals surface area contributed by atoms with Crippen LogP contribution in [-0.2, 0) is 19.1 Å². The van der Waals surface area contributed by atoms with Gasteiger partial charge >= 0.3 is 5.97 Å². The third-order valence-electron chi connectivity index (χ3n) is 4.68. The zero-order chi connectivity index (χ0) is 21.6. The summed E-state index contributed by atoms with van der Waals surface area (Å²) >= 11 is 7.38. The van der Waals surface area contributed by atoms with Gasteiger partial charge in [-0.05, 0) is 25.5 Å². The van der Waals surface area contributed by atoms with Crippen molar-refractivity contribution >= 4 is 41.1 Å². The topological polar surface area (TPSA) is 99.5 Å². The molecule has 1 N–H and O–H groups in total. The van der Waals surface area contributed by atoms with Gasteiger partial charge in [-0.25, -0.2) is 0 Å². The summed E-state index contributed by atoms with van der Waals surface area (Å²) in [6, 6.07) is 8.82. The van der Waals surface area contributed by atoms with E-state index in [1.807, 2.05) is 13.8 Å². The van der Waals surface area contributed by atoms with Crippen molar-refractivity contribution in [2.75, 3.05) is 26.0 Å². The molecule has 1 heterocycles. The predicted octanol–water partition coefficient (Wildman–Crippen LogP) is 2.68. The number of nitrogens with zero attached hydrogens (tertiary/aromatic N) is 2. The van der Waals surface area contributed by atoms with Crippen molar-refractivity contribution in [2.45, 2.75) is 19.8 Å². The number of hydrogen-bond donors (Lipinski definition) is 1. The molecule has 9 heteroatoms. The minimum absolute atomic E-state index is 0.0562. The maximum atomic E-state index is 12.7. The molecular weight excluding hydrogens is 414 g/mol. The molecule has 1 aromatic rings. The zero-order valence-electron chi connectivity index (χ0n) is 16.4. The summed E-state index contributed by atoms with van der Waals surface area (Å²) in [7, 11) is 1.18. The largest absolute Gasteiger partial charge is 0.468 e. The Balaban J connectivity index is 2.49. The number of carbonyl (C=O) groups excluding carboxylic acids is 3. The Morgan fingerprint density at radius 2 is 1.97 bits per heavy atom. The molecule has 0 fully saturated rings. The van der Waals surface area contributed by atoms with Crippen LogP contribution >= 0.6 is 23.4 Å². The van der Waals surface area contributed by atoms with Crippen LogP contribution in [0.2, 0.25) is 5.02 Å². The molecule has 1 aromatic carbocycles. The lowest BCUT2D eigenvalue weighted by atomic mass is 9.78. The highest BCUT2D eigenvalue weighted by atomic mass is 35.5. The van der Waals surface area contributed by atoms with E-state index >= 15 is 0 Å². The molecule has 0 saturated heterocycles. The Bertz CT molecular complexity index is 877. The molecule has 154 valence electrons. The molecule has 1 aliphatic rings. The highest BCUT2D eigenvalue weighted by Gasteiger charge is 2.45. The van der Waals surface area contributed by atoms with E-state index in [9.17, 15) is 19.6 Å². The Morgan fingerprint density at radius 3 is 2.52 bits per heavy atom. The molecule has 0 aromatic heterocycles. The fraction of sp³-hybridized carbons (Fsp3) is 0.400. The molecule has 2 amide bonds. The molecule has 0 radical (unpaired) electrons. The smallest absolute Gasteiger partial charge is 0.319 e. The third-order valence-corrected chi connectivity index (χ3v) is 6.03. The predicted molar refractivity (Wildman–Crippen MR) is 111 cm³/mol. The summed E-state index contributed by atoms with van der Waals surface area (Å²) in [5.41, 5.74) is 0.648. The van der Waals surface area contributed by atoms with Crippen LogP contribution in [0.4, 0.5) is 0 Å². The van der Waals surface area contributed by atoms with Crippen molar-refractivity contribution in [3.8, 4) is 6.07 Å². The van der Waals surface area contributed by atoms with Crippen LogP contribution in [-0.4, -0.2) is 48.6 Å². The van der Waals surface area contributed by atoms with Crippen LogP contribution in [0.3, 0.4) is 0 Å². The monoisotopic (exact) mass is 435 g/mol. The number of hydrogen-bond acceptors (Lipinski definition) is 6. The minimum atomic E-state index is -1.25. The van der Waals surface area contributed by atoms with Crippen molar-refractivity contribution < 1.29 is 19.1 Å². The van der Waals surface area contributed by atoms with Crippen LogP contribution in [0.1, 0.15) is 25.3 Å². The lowest BCUT2D eigenvalue weighted by Gasteiger charge is -2.31. The standard InChI is InChI=1S/C20H22ClN3O4S/c1-4-24(5-2)15(25)11-29-19-13(10-22)16(12-8-6-7-9-14(12)21)17(18(26)23-19)20(27)28-3/h6-9,16-17H,4-5,11H2,1-3H3,(H,23,26)/t16-,17-/m0/s1. The molecule has 0 saturated carbocycles. The van der Waals surface area contributed by atoms with Crippen molar-refractivity contribution in [3.63, 3.8) is 0 Å². The quantitative estimate of drug-likeness (QED) is 0.522. The molecular formula is C20H22ClN3O4S. The average molecular weight is 436 g/mol. The Morgan fingerprint density at radius 1 is 1.31 bits per heavy atom. The Hall–Kier alpha value is -2.50. The lowest BCUT2D eigenvalue weighted by molar-refractivity contribution is -0.150. The number of esters is 1. The van der Waals surface area contributed by atoms with Gasteiger partial charge in [-0.3, -0.25) is 14.4 Å². The van der Waals surface area contributed by atoms with Crippen molar-refractivity contribution in [1.29, 1.82) is 5.26 Å². The molecule has 0 bridgehead atoms. The highest BCUT2D eigenvalue weighted by molar-refractivity contribution is 8.03. The number of ether oxygens (including phenoxy) is 1. The van der Waals surface area contributed by atoms with Crippen molar-refractivity contribution in [3.05, 3.63) is 45.5 Å². The van der Waals surface area contributed by atoms with E-state index in [0.29, 0.717) is 23.7 Å². The van der Waals surface area contributed by atoms with Crippen molar-refractivity contribution in [2.24, 2.45) is 5.92 Å². The summed E-state index contributed by atoms with van der Waals surface area (Å²) in [6.45, 7) is 4.89. The second kappa shape index (κ2) is 10.3. The normalized spacial score (nSPS) is 18.7. The van der Waals surface area contributed by atoms with Crippen LogP contribution in [0.5, 0.6) is 0 Å². The summed E-state index contributed by atoms with van der Waals surface area (Å²) in [5, 5.41) is 13.0. The van der Waals surface area contributed by atoms with E-state index in [0.717, 1.165) is 11.8 Å². The molecule has 7 nitrogen and oxygen atoms in total. The third kappa shape index (κ3) is 4.92. The summed E-state index contributed by atoms with van der Waals surface area (Å²) in [6.07, 6.45) is 0. The van der Waals surface area contributed by atoms with Gasteiger partial charge < -0.3 is 15.0 Å². The van der Waals surface area contributed by atoms with Gasteiger partial charge in [-0.15, -0.1) is 0 Å². The maximum absolute atomic E-state index is 12.7. The number of amides is 2. The number of thioether (sulfide) groups is 1. The number of carbonyl (C=O) groups is 3. The van der Waals surface area contributed by atoms with E-state index in [1.165, 1.54) is 7.11 Å². The minimum Gasteiger partial charge on any atom is -0.468 e. The zero-order valence-corrected chi connectivity index (χ0v) is 18.0. The molecule has 2 rings (SSSR count). The van der Waals surface area contributed by atoms with Gasteiger partial charge in [-0.2, -0.15) is 5.26 Å². The van der Waals surface area contributed by atoms with Gasteiger partial charge in [0.1, 0.15) is 5.92 Å². The lowest BCUT2D eigenvalue weighted by Crippen LogP contribution is -2.44. The first kappa shape index (κ1) is 22.8. The summed E-state index contributed by atoms with van der Waals surface area (Å²) in [4.78, 5) is 39.1. The molecule has 2 atom stereocenters. The first-order valence-electron chi connectivity index (χ1n) is 9.07. The summed E-state index contributed by atoms with van der Waals surface area (Å²) in [5.74, 6) is -3.57. The number of methoxy groups -OCH3 is 1. The molecule has 0 unspecified atom stereocenters. The Labute approximate surface area is 179 Å². The molecule has 29 heavy (non-hydrogen) atoms. The van der Waals surface area contributed by atoms with Crippen LogP contribution in [0, 0.1) is 17.2 Å². The van der Waals surface area contributed by atoms with Gasteiger partial charge in [0.2, 0.25) is 11.8 Å². The van der Waals surface area contributed by atoms with Crippen LogP contribution in [0.15, 0.2) is 34.9 Å². The van der Waals surface area contributed by atoms with Gasteiger partial charge in [0.15, 0.2) is 0 Å². The SMILES string of the molecule is CCN(CC)C(=O)CSC1=C(C#N)[C@H](c2ccccc2Cl)[C@H](C(=O)OC)C(=O)N1.